The van der Waals surface area contributed by atoms with Crippen molar-refractivity contribution >= 4 is 17.9 Å². The third-order valence-electron chi connectivity index (χ3n) is 6.17. The topological polar surface area (TPSA) is 93.1 Å². The fraction of sp³-hybridized carbons (Fsp3) is 0.545. The Morgan fingerprint density at radius 2 is 1.69 bits per heavy atom. The van der Waals surface area contributed by atoms with Crippen LogP contribution in [0.4, 0.5) is 0 Å². The molecule has 0 radical (unpaired) electrons. The number of nitrogens with zero attached hydrogens (tertiary/aromatic N) is 5. The van der Waals surface area contributed by atoms with Crippen molar-refractivity contribution in [3.05, 3.63) is 28.6 Å². The van der Waals surface area contributed by atoms with Gasteiger partial charge in [0.15, 0.2) is 0 Å². The quantitative estimate of drug-likeness (QED) is 0.582. The van der Waals surface area contributed by atoms with Gasteiger partial charge >= 0.3 is 0 Å². The smallest absolute Gasteiger partial charge is 0.264 e. The van der Waals surface area contributed by atoms with Gasteiger partial charge < -0.3 is 14.4 Å². The Morgan fingerprint density at radius 3 is 2.24 bits per heavy atom. The van der Waals surface area contributed by atoms with Gasteiger partial charge in [0.1, 0.15) is 23.4 Å². The maximum absolute atomic E-state index is 12.8. The summed E-state index contributed by atoms with van der Waals surface area (Å²) >= 11 is 0. The molecule has 2 heterocycles. The lowest BCUT2D eigenvalue weighted by molar-refractivity contribution is -0.141. The van der Waals surface area contributed by atoms with Gasteiger partial charge in [0.25, 0.3) is 5.91 Å². The van der Waals surface area contributed by atoms with Gasteiger partial charge in [-0.3, -0.25) is 9.59 Å². The van der Waals surface area contributed by atoms with E-state index in [0.29, 0.717) is 37.4 Å². The van der Waals surface area contributed by atoms with Crippen molar-refractivity contribution in [1.82, 2.24) is 14.4 Å². The number of carbonyl (C=O) groups excluding carboxylic acids is 2. The Hall–Kier alpha value is -3.06. The van der Waals surface area contributed by atoms with E-state index in [4.69, 9.17) is 5.26 Å². The maximum atomic E-state index is 12.8. The number of hydrogen-bond donors (Lipinski definition) is 0. The predicted molar refractivity (Wildman–Crippen MR) is 108 cm³/mol. The van der Waals surface area contributed by atoms with E-state index >= 15 is 0 Å². The molecule has 1 saturated heterocycles. The number of hydrogen-bond acceptors (Lipinski definition) is 4. The van der Waals surface area contributed by atoms with Gasteiger partial charge in [-0.15, -0.1) is 0 Å². The van der Waals surface area contributed by atoms with Crippen LogP contribution in [-0.2, 0) is 16.6 Å². The summed E-state index contributed by atoms with van der Waals surface area (Å²) in [5.74, 6) is 0.0340. The number of piperazine rings is 1. The van der Waals surface area contributed by atoms with Crippen LogP contribution in [0.2, 0.25) is 0 Å². The normalized spacial score (nSPS) is 18.3. The van der Waals surface area contributed by atoms with Crippen molar-refractivity contribution in [2.24, 2.45) is 13.0 Å². The van der Waals surface area contributed by atoms with Crippen LogP contribution in [0.25, 0.3) is 6.08 Å². The van der Waals surface area contributed by atoms with Gasteiger partial charge in [-0.25, -0.2) is 0 Å². The lowest BCUT2D eigenvalue weighted by Gasteiger charge is -2.37. The van der Waals surface area contributed by atoms with E-state index in [-0.39, 0.29) is 23.3 Å². The van der Waals surface area contributed by atoms with Crippen LogP contribution in [-0.4, -0.2) is 52.4 Å². The minimum absolute atomic E-state index is 0.0512. The maximum Gasteiger partial charge on any atom is 0.264 e. The Bertz CT molecular complexity index is 901. The van der Waals surface area contributed by atoms with Crippen LogP contribution in [0, 0.1) is 35.5 Å². The summed E-state index contributed by atoms with van der Waals surface area (Å²) in [6.45, 7) is 3.76. The first-order chi connectivity index (χ1) is 14.0. The molecule has 152 valence electrons. The van der Waals surface area contributed by atoms with E-state index < -0.39 is 0 Å². The molecule has 0 bridgehead atoms. The van der Waals surface area contributed by atoms with Crippen molar-refractivity contribution in [2.75, 3.05) is 26.2 Å². The molecule has 7 heteroatoms. The standard InChI is InChI=1S/C22H27N5O2/c1-16-18(13-20(15-24)25(16)2)12-19(14-23)22(29)27-10-8-26(9-11-27)21(28)17-6-4-3-5-7-17/h12-13,17H,3-11H2,1-2H3/b19-12+. The van der Waals surface area contributed by atoms with Gasteiger partial charge in [0.05, 0.1) is 0 Å². The summed E-state index contributed by atoms with van der Waals surface area (Å²) in [4.78, 5) is 29.0. The molecule has 1 aromatic rings. The SMILES string of the molecule is Cc1c(/C=C(\C#N)C(=O)N2CCN(C(=O)C3CCCCC3)CC2)cc(C#N)n1C. The monoisotopic (exact) mass is 393 g/mol. The van der Waals surface area contributed by atoms with E-state index in [0.717, 1.165) is 31.4 Å². The van der Waals surface area contributed by atoms with Crippen LogP contribution in [0.5, 0.6) is 0 Å². The summed E-state index contributed by atoms with van der Waals surface area (Å²) < 4.78 is 1.74. The van der Waals surface area contributed by atoms with Crippen molar-refractivity contribution in [3.63, 3.8) is 0 Å². The molecule has 2 amide bonds. The summed E-state index contributed by atoms with van der Waals surface area (Å²) in [6.07, 6.45) is 6.96. The van der Waals surface area contributed by atoms with Crippen molar-refractivity contribution in [2.45, 2.75) is 39.0 Å². The fourth-order valence-electron chi connectivity index (χ4n) is 4.18. The molecule has 0 spiro atoms. The Labute approximate surface area is 171 Å². The van der Waals surface area contributed by atoms with Gasteiger partial charge in [0.2, 0.25) is 5.91 Å². The highest BCUT2D eigenvalue weighted by Crippen LogP contribution is 2.26. The van der Waals surface area contributed by atoms with Crippen LogP contribution >= 0.6 is 0 Å². The molecular weight excluding hydrogens is 366 g/mol. The first-order valence-corrected chi connectivity index (χ1v) is 10.2. The Kier molecular flexibility index (Phi) is 6.39. The molecule has 3 rings (SSSR count). The number of amides is 2. The second kappa shape index (κ2) is 8.96. The Balaban J connectivity index is 1.65. The molecule has 7 nitrogen and oxygen atoms in total. The van der Waals surface area contributed by atoms with Crippen molar-refractivity contribution in [3.8, 4) is 12.1 Å². The molecule has 0 aromatic carbocycles. The largest absolute Gasteiger partial charge is 0.339 e. The summed E-state index contributed by atoms with van der Waals surface area (Å²) in [5, 5.41) is 18.7. The zero-order valence-corrected chi connectivity index (χ0v) is 17.1. The van der Waals surface area contributed by atoms with E-state index in [2.05, 4.69) is 6.07 Å². The highest BCUT2D eigenvalue weighted by molar-refractivity contribution is 6.02. The molecule has 1 aliphatic heterocycles. The van der Waals surface area contributed by atoms with E-state index in [1.807, 2.05) is 17.9 Å². The molecule has 29 heavy (non-hydrogen) atoms. The molecule has 2 aliphatic rings. The molecular formula is C22H27N5O2. The molecule has 1 saturated carbocycles. The third kappa shape index (κ3) is 4.35. The molecule has 1 aromatic heterocycles. The number of rotatable bonds is 3. The number of carbonyl (C=O) groups is 2. The van der Waals surface area contributed by atoms with Gasteiger partial charge in [-0.2, -0.15) is 10.5 Å². The highest BCUT2D eigenvalue weighted by atomic mass is 16.2. The average Bonchev–Trinajstić information content (AvgIpc) is 3.05. The first kappa shape index (κ1) is 20.7. The number of nitriles is 2. The Morgan fingerprint density at radius 1 is 1.07 bits per heavy atom. The van der Waals surface area contributed by atoms with Crippen LogP contribution in [0.15, 0.2) is 11.6 Å². The lowest BCUT2D eigenvalue weighted by Crippen LogP contribution is -2.52. The number of aromatic nitrogens is 1. The molecule has 0 atom stereocenters. The summed E-state index contributed by atoms with van der Waals surface area (Å²) in [6, 6.07) is 5.79. The molecule has 2 fully saturated rings. The van der Waals surface area contributed by atoms with Gasteiger partial charge in [-0.1, -0.05) is 19.3 Å². The molecule has 1 aliphatic carbocycles. The second-order valence-corrected chi connectivity index (χ2v) is 7.86. The van der Waals surface area contributed by atoms with E-state index in [9.17, 15) is 14.9 Å². The molecule has 0 unspecified atom stereocenters. The van der Waals surface area contributed by atoms with Crippen LogP contribution < -0.4 is 0 Å². The van der Waals surface area contributed by atoms with Gasteiger partial charge in [-0.05, 0) is 37.5 Å². The highest BCUT2D eigenvalue weighted by Gasteiger charge is 2.30. The van der Waals surface area contributed by atoms with Crippen molar-refractivity contribution < 1.29 is 9.59 Å². The zero-order valence-electron chi connectivity index (χ0n) is 17.1. The minimum Gasteiger partial charge on any atom is -0.339 e. The average molecular weight is 393 g/mol. The second-order valence-electron chi connectivity index (χ2n) is 7.86. The molecule has 0 N–H and O–H groups in total. The minimum atomic E-state index is -0.320. The van der Waals surface area contributed by atoms with Crippen LogP contribution in [0.1, 0.15) is 49.1 Å². The predicted octanol–water partition coefficient (Wildman–Crippen LogP) is 2.36. The first-order valence-electron chi connectivity index (χ1n) is 10.2. The zero-order chi connectivity index (χ0) is 21.0. The third-order valence-corrected chi connectivity index (χ3v) is 6.17. The fourth-order valence-corrected chi connectivity index (χ4v) is 4.18. The van der Waals surface area contributed by atoms with Crippen LogP contribution in [0.3, 0.4) is 0 Å². The summed E-state index contributed by atoms with van der Waals surface area (Å²) in [5.41, 5.74) is 2.05. The lowest BCUT2D eigenvalue weighted by atomic mass is 9.88. The summed E-state index contributed by atoms with van der Waals surface area (Å²) in [7, 11) is 1.78. The van der Waals surface area contributed by atoms with E-state index in [1.165, 1.54) is 6.42 Å². The van der Waals surface area contributed by atoms with E-state index in [1.54, 1.807) is 28.7 Å². The van der Waals surface area contributed by atoms with Crippen molar-refractivity contribution in [1.29, 1.82) is 10.5 Å². The van der Waals surface area contributed by atoms with Gasteiger partial charge in [0, 0.05) is 44.8 Å².